The second kappa shape index (κ2) is 5.63. The highest BCUT2D eigenvalue weighted by molar-refractivity contribution is 9.10. The minimum Gasteiger partial charge on any atom is -0.487 e. The number of ether oxygens (including phenoxy) is 1. The van der Waals surface area contributed by atoms with Gasteiger partial charge in [0.2, 0.25) is 0 Å². The maximum atomic E-state index is 5.62. The molecule has 0 spiro atoms. The lowest BCUT2D eigenvalue weighted by Crippen LogP contribution is -1.98. The average molecular weight is 294 g/mol. The standard InChI is InChI=1S/C12H12BrN3O/c1-14-12-4-9(2-3-16-12)8-17-11-5-10(13)6-15-7-11/h2-7H,8H2,1H3,(H,14,16). The van der Waals surface area contributed by atoms with E-state index in [0.29, 0.717) is 6.61 Å². The molecular weight excluding hydrogens is 282 g/mol. The number of aromatic nitrogens is 2. The molecule has 0 bridgehead atoms. The summed E-state index contributed by atoms with van der Waals surface area (Å²) in [5.74, 6) is 1.57. The Hall–Kier alpha value is -1.62. The Morgan fingerprint density at radius 2 is 2.24 bits per heavy atom. The zero-order valence-electron chi connectivity index (χ0n) is 9.35. The van der Waals surface area contributed by atoms with Crippen molar-refractivity contribution in [3.8, 4) is 5.75 Å². The van der Waals surface area contributed by atoms with Crippen LogP contribution in [0, 0.1) is 0 Å². The van der Waals surface area contributed by atoms with Gasteiger partial charge in [0.1, 0.15) is 18.2 Å². The summed E-state index contributed by atoms with van der Waals surface area (Å²) in [5, 5.41) is 2.99. The zero-order valence-corrected chi connectivity index (χ0v) is 10.9. The highest BCUT2D eigenvalue weighted by Gasteiger charge is 1.99. The number of pyridine rings is 2. The third-order valence-corrected chi connectivity index (χ3v) is 2.60. The molecule has 0 amide bonds. The van der Waals surface area contributed by atoms with Gasteiger partial charge in [-0.15, -0.1) is 0 Å². The molecule has 0 aromatic carbocycles. The van der Waals surface area contributed by atoms with E-state index in [4.69, 9.17) is 4.74 Å². The topological polar surface area (TPSA) is 47.0 Å². The lowest BCUT2D eigenvalue weighted by Gasteiger charge is -2.07. The van der Waals surface area contributed by atoms with E-state index in [-0.39, 0.29) is 0 Å². The summed E-state index contributed by atoms with van der Waals surface area (Å²) in [4.78, 5) is 8.17. The molecule has 5 heteroatoms. The maximum absolute atomic E-state index is 5.62. The van der Waals surface area contributed by atoms with E-state index in [2.05, 4.69) is 31.2 Å². The molecule has 88 valence electrons. The van der Waals surface area contributed by atoms with E-state index in [1.807, 2.05) is 25.2 Å². The molecule has 1 N–H and O–H groups in total. The fourth-order valence-electron chi connectivity index (χ4n) is 1.34. The van der Waals surface area contributed by atoms with Crippen LogP contribution in [-0.4, -0.2) is 17.0 Å². The monoisotopic (exact) mass is 293 g/mol. The Morgan fingerprint density at radius 1 is 1.35 bits per heavy atom. The number of halogens is 1. The van der Waals surface area contributed by atoms with Crippen molar-refractivity contribution in [1.29, 1.82) is 0 Å². The highest BCUT2D eigenvalue weighted by Crippen LogP contribution is 2.17. The summed E-state index contributed by atoms with van der Waals surface area (Å²) in [6.07, 6.45) is 5.16. The Kier molecular flexibility index (Phi) is 3.93. The molecule has 2 rings (SSSR count). The van der Waals surface area contributed by atoms with Crippen LogP contribution in [0.3, 0.4) is 0 Å². The molecule has 0 atom stereocenters. The number of hydrogen-bond acceptors (Lipinski definition) is 4. The number of nitrogens with zero attached hydrogens (tertiary/aromatic N) is 2. The summed E-state index contributed by atoms with van der Waals surface area (Å²) in [6.45, 7) is 0.495. The molecule has 0 saturated heterocycles. The van der Waals surface area contributed by atoms with Gasteiger partial charge < -0.3 is 10.1 Å². The highest BCUT2D eigenvalue weighted by atomic mass is 79.9. The number of rotatable bonds is 4. The normalized spacial score (nSPS) is 10.0. The first-order valence-electron chi connectivity index (χ1n) is 5.14. The zero-order chi connectivity index (χ0) is 12.1. The van der Waals surface area contributed by atoms with Crippen LogP contribution in [-0.2, 0) is 6.61 Å². The first kappa shape index (κ1) is 11.9. The number of nitrogens with one attached hydrogen (secondary N) is 1. The molecule has 0 aliphatic heterocycles. The van der Waals surface area contributed by atoms with Gasteiger partial charge in [-0.05, 0) is 39.7 Å². The molecule has 0 aliphatic carbocycles. The molecule has 17 heavy (non-hydrogen) atoms. The van der Waals surface area contributed by atoms with Crippen molar-refractivity contribution in [3.05, 3.63) is 46.8 Å². The van der Waals surface area contributed by atoms with Gasteiger partial charge in [0, 0.05) is 23.9 Å². The molecule has 0 radical (unpaired) electrons. The van der Waals surface area contributed by atoms with Crippen LogP contribution in [0.25, 0.3) is 0 Å². The summed E-state index contributed by atoms with van der Waals surface area (Å²) >= 11 is 3.35. The third-order valence-electron chi connectivity index (χ3n) is 2.17. The first-order chi connectivity index (χ1) is 8.28. The molecule has 2 heterocycles. The summed E-state index contributed by atoms with van der Waals surface area (Å²) in [6, 6.07) is 5.75. The van der Waals surface area contributed by atoms with E-state index in [0.717, 1.165) is 21.6 Å². The van der Waals surface area contributed by atoms with Gasteiger partial charge in [-0.3, -0.25) is 4.98 Å². The van der Waals surface area contributed by atoms with Gasteiger partial charge in [0.15, 0.2) is 0 Å². The molecular formula is C12H12BrN3O. The van der Waals surface area contributed by atoms with Crippen molar-refractivity contribution in [2.75, 3.05) is 12.4 Å². The van der Waals surface area contributed by atoms with Crippen LogP contribution >= 0.6 is 15.9 Å². The lowest BCUT2D eigenvalue weighted by atomic mass is 10.3. The van der Waals surface area contributed by atoms with Crippen LogP contribution in [0.2, 0.25) is 0 Å². The minimum atomic E-state index is 0.495. The summed E-state index contributed by atoms with van der Waals surface area (Å²) in [7, 11) is 1.84. The molecule has 0 unspecified atom stereocenters. The summed E-state index contributed by atoms with van der Waals surface area (Å²) < 4.78 is 6.53. The van der Waals surface area contributed by atoms with Gasteiger partial charge in [-0.1, -0.05) is 0 Å². The van der Waals surface area contributed by atoms with Crippen molar-refractivity contribution >= 4 is 21.7 Å². The fourth-order valence-corrected chi connectivity index (χ4v) is 1.68. The van der Waals surface area contributed by atoms with Gasteiger partial charge in [-0.2, -0.15) is 0 Å². The van der Waals surface area contributed by atoms with Gasteiger partial charge in [0.05, 0.1) is 6.20 Å². The van der Waals surface area contributed by atoms with Crippen molar-refractivity contribution in [2.45, 2.75) is 6.61 Å². The Labute approximate surface area is 108 Å². The van der Waals surface area contributed by atoms with Gasteiger partial charge in [0.25, 0.3) is 0 Å². The molecule has 0 aliphatic rings. The lowest BCUT2D eigenvalue weighted by molar-refractivity contribution is 0.304. The van der Waals surface area contributed by atoms with Crippen LogP contribution < -0.4 is 10.1 Å². The largest absolute Gasteiger partial charge is 0.487 e. The molecule has 0 fully saturated rings. The Morgan fingerprint density at radius 3 is 3.00 bits per heavy atom. The first-order valence-corrected chi connectivity index (χ1v) is 5.93. The molecule has 0 saturated carbocycles. The van der Waals surface area contributed by atoms with E-state index in [1.165, 1.54) is 0 Å². The van der Waals surface area contributed by atoms with Crippen molar-refractivity contribution < 1.29 is 4.74 Å². The predicted molar refractivity (Wildman–Crippen MR) is 70.1 cm³/mol. The van der Waals surface area contributed by atoms with Crippen molar-refractivity contribution in [1.82, 2.24) is 9.97 Å². The fraction of sp³-hybridized carbons (Fsp3) is 0.167. The van der Waals surface area contributed by atoms with Crippen molar-refractivity contribution in [3.63, 3.8) is 0 Å². The Bertz CT molecular complexity index is 505. The Balaban J connectivity index is 2.02. The van der Waals surface area contributed by atoms with Crippen LogP contribution in [0.1, 0.15) is 5.56 Å². The van der Waals surface area contributed by atoms with E-state index < -0.39 is 0 Å². The summed E-state index contributed by atoms with van der Waals surface area (Å²) in [5.41, 5.74) is 1.06. The molecule has 2 aromatic heterocycles. The number of anilines is 1. The molecule has 2 aromatic rings. The third kappa shape index (κ3) is 3.42. The second-order valence-corrected chi connectivity index (χ2v) is 4.34. The smallest absolute Gasteiger partial charge is 0.139 e. The quantitative estimate of drug-likeness (QED) is 0.942. The molecule has 4 nitrogen and oxygen atoms in total. The van der Waals surface area contributed by atoms with Crippen LogP contribution in [0.15, 0.2) is 41.3 Å². The maximum Gasteiger partial charge on any atom is 0.139 e. The average Bonchev–Trinajstić information content (AvgIpc) is 2.37. The van der Waals surface area contributed by atoms with Gasteiger partial charge in [-0.25, -0.2) is 4.98 Å². The second-order valence-electron chi connectivity index (χ2n) is 3.43. The van der Waals surface area contributed by atoms with E-state index in [1.54, 1.807) is 18.6 Å². The SMILES string of the molecule is CNc1cc(COc2cncc(Br)c2)ccn1. The minimum absolute atomic E-state index is 0.495. The van der Waals surface area contributed by atoms with Gasteiger partial charge >= 0.3 is 0 Å². The van der Waals surface area contributed by atoms with E-state index in [9.17, 15) is 0 Å². The predicted octanol–water partition coefficient (Wildman–Crippen LogP) is 2.86. The van der Waals surface area contributed by atoms with Crippen molar-refractivity contribution in [2.24, 2.45) is 0 Å². The van der Waals surface area contributed by atoms with Crippen LogP contribution in [0.4, 0.5) is 5.82 Å². The van der Waals surface area contributed by atoms with Crippen LogP contribution in [0.5, 0.6) is 5.75 Å². The van der Waals surface area contributed by atoms with E-state index >= 15 is 0 Å². The number of hydrogen-bond donors (Lipinski definition) is 1.